The topological polar surface area (TPSA) is 39.7 Å². The summed E-state index contributed by atoms with van der Waals surface area (Å²) in [4.78, 5) is 24.4. The van der Waals surface area contributed by atoms with Crippen molar-refractivity contribution in [2.24, 2.45) is 0 Å². The molecule has 1 saturated heterocycles. The Balaban J connectivity index is 1.25. The molecule has 3 aromatic carbocycles. The number of halogens is 2. The first-order valence-corrected chi connectivity index (χ1v) is 15.2. The van der Waals surface area contributed by atoms with Crippen LogP contribution >= 0.6 is 22.9 Å². The van der Waals surface area contributed by atoms with E-state index in [9.17, 15) is 9.18 Å². The Morgan fingerprint density at radius 3 is 2.12 bits per heavy atom. The first-order valence-electron chi connectivity index (χ1n) is 13.9. The number of nitrogens with zero attached hydrogens (tertiary/aromatic N) is 4. The van der Waals surface area contributed by atoms with Crippen molar-refractivity contribution in [3.63, 3.8) is 0 Å². The molecule has 0 saturated carbocycles. The molecule has 1 aliphatic rings. The summed E-state index contributed by atoms with van der Waals surface area (Å²) in [5.41, 5.74) is 5.12. The van der Waals surface area contributed by atoms with Crippen LogP contribution in [0.3, 0.4) is 0 Å². The predicted octanol–water partition coefficient (Wildman–Crippen LogP) is 7.40. The average Bonchev–Trinajstić information content (AvgIpc) is 3.42. The smallest absolute Gasteiger partial charge is 0.273 e. The lowest BCUT2D eigenvalue weighted by atomic mass is 9.87. The Kier molecular flexibility index (Phi) is 9.07. The summed E-state index contributed by atoms with van der Waals surface area (Å²) < 4.78 is 13.5. The fourth-order valence-electron chi connectivity index (χ4n) is 5.08. The van der Waals surface area contributed by atoms with Gasteiger partial charge in [-0.1, -0.05) is 80.9 Å². The highest BCUT2D eigenvalue weighted by Crippen LogP contribution is 2.27. The highest BCUT2D eigenvalue weighted by atomic mass is 35.5. The third-order valence-electron chi connectivity index (χ3n) is 7.44. The summed E-state index contributed by atoms with van der Waals surface area (Å²) in [5, 5.41) is 3.48. The van der Waals surface area contributed by atoms with Gasteiger partial charge in [-0.2, -0.15) is 0 Å². The number of carbonyl (C=O) groups is 1. The van der Waals surface area contributed by atoms with E-state index in [1.54, 1.807) is 0 Å². The van der Waals surface area contributed by atoms with Crippen LogP contribution < -0.4 is 4.90 Å². The number of rotatable bonds is 8. The van der Waals surface area contributed by atoms with Crippen LogP contribution in [-0.2, 0) is 25.0 Å². The van der Waals surface area contributed by atoms with Crippen molar-refractivity contribution >= 4 is 34.5 Å². The highest BCUT2D eigenvalue weighted by Gasteiger charge is 2.25. The zero-order valence-corrected chi connectivity index (χ0v) is 25.4. The number of carbonyl (C=O) groups excluding carboxylic acids is 1. The van der Waals surface area contributed by atoms with Gasteiger partial charge >= 0.3 is 0 Å². The third kappa shape index (κ3) is 7.53. The number of anilines is 1. The largest absolute Gasteiger partial charge is 0.367 e. The summed E-state index contributed by atoms with van der Waals surface area (Å²) >= 11 is 7.89. The molecule has 0 aliphatic carbocycles. The van der Waals surface area contributed by atoms with E-state index in [1.807, 2.05) is 46.7 Å². The van der Waals surface area contributed by atoms with E-state index in [2.05, 4.69) is 54.8 Å². The molecule has 0 atom stereocenters. The van der Waals surface area contributed by atoms with E-state index in [4.69, 9.17) is 16.6 Å². The maximum atomic E-state index is 13.5. The van der Waals surface area contributed by atoms with Crippen molar-refractivity contribution in [3.05, 3.63) is 116 Å². The minimum atomic E-state index is -0.242. The number of piperazine rings is 1. The van der Waals surface area contributed by atoms with Crippen molar-refractivity contribution in [3.8, 4) is 0 Å². The average molecular weight is 591 g/mol. The van der Waals surface area contributed by atoms with Gasteiger partial charge in [-0.15, -0.1) is 11.3 Å². The minimum Gasteiger partial charge on any atom is -0.367 e. The molecule has 8 heteroatoms. The van der Waals surface area contributed by atoms with Gasteiger partial charge in [0.15, 0.2) is 0 Å². The Bertz CT molecular complexity index is 1460. The van der Waals surface area contributed by atoms with Crippen LogP contribution in [0.15, 0.2) is 78.2 Å². The number of aromatic nitrogens is 1. The number of para-hydroxylation sites is 1. The highest BCUT2D eigenvalue weighted by molar-refractivity contribution is 7.09. The Morgan fingerprint density at radius 2 is 1.51 bits per heavy atom. The molecule has 41 heavy (non-hydrogen) atoms. The number of amides is 1. The molecule has 1 aromatic heterocycles. The van der Waals surface area contributed by atoms with Crippen molar-refractivity contribution in [2.75, 3.05) is 31.1 Å². The Labute approximate surface area is 251 Å². The molecule has 0 radical (unpaired) electrons. The molecule has 4 aromatic rings. The van der Waals surface area contributed by atoms with Crippen molar-refractivity contribution in [1.82, 2.24) is 14.8 Å². The fraction of sp³-hybridized carbons (Fsp3) is 0.333. The molecule has 0 N–H and O–H groups in total. The van der Waals surface area contributed by atoms with Gasteiger partial charge in [0.2, 0.25) is 0 Å². The second-order valence-electron chi connectivity index (χ2n) is 11.6. The maximum Gasteiger partial charge on any atom is 0.273 e. The summed E-state index contributed by atoms with van der Waals surface area (Å²) in [5.74, 6) is -0.275. The molecule has 0 spiro atoms. The van der Waals surface area contributed by atoms with Crippen molar-refractivity contribution in [1.29, 1.82) is 0 Å². The quantitative estimate of drug-likeness (QED) is 0.214. The van der Waals surface area contributed by atoms with Gasteiger partial charge in [-0.3, -0.25) is 9.69 Å². The van der Waals surface area contributed by atoms with Crippen LogP contribution in [0.25, 0.3) is 0 Å². The molecule has 0 bridgehead atoms. The zero-order valence-electron chi connectivity index (χ0n) is 23.8. The van der Waals surface area contributed by atoms with Crippen LogP contribution in [0.4, 0.5) is 10.1 Å². The van der Waals surface area contributed by atoms with E-state index in [0.29, 0.717) is 38.4 Å². The molecule has 5 rings (SSSR count). The van der Waals surface area contributed by atoms with Crippen LogP contribution in [0.5, 0.6) is 0 Å². The minimum absolute atomic E-state index is 0.0332. The Morgan fingerprint density at radius 1 is 0.902 bits per heavy atom. The molecule has 2 heterocycles. The van der Waals surface area contributed by atoms with E-state index in [-0.39, 0.29) is 17.1 Å². The lowest BCUT2D eigenvalue weighted by molar-refractivity contribution is 0.0741. The van der Waals surface area contributed by atoms with E-state index in [0.717, 1.165) is 34.4 Å². The molecule has 214 valence electrons. The van der Waals surface area contributed by atoms with Gasteiger partial charge < -0.3 is 9.80 Å². The standard InChI is InChI=1S/C33H36ClFN4OS/c1-33(2,3)26-12-8-24(9-13-26)20-37(21-25-10-14-27(35)15-11-25)22-31-36-29(23-41-31)32(40)39-18-16-38(17-19-39)30-7-5-4-6-28(30)34/h4-15,23H,16-22H2,1-3H3. The van der Waals surface area contributed by atoms with Crippen molar-refractivity contribution in [2.45, 2.75) is 45.8 Å². The molecule has 1 amide bonds. The van der Waals surface area contributed by atoms with E-state index in [1.165, 1.54) is 34.6 Å². The molecule has 1 fully saturated rings. The van der Waals surface area contributed by atoms with Gasteiger partial charge in [0.05, 0.1) is 17.3 Å². The van der Waals surface area contributed by atoms with Crippen molar-refractivity contribution < 1.29 is 9.18 Å². The van der Waals surface area contributed by atoms with Crippen LogP contribution in [0.2, 0.25) is 5.02 Å². The van der Waals surface area contributed by atoms with Gasteiger partial charge in [-0.05, 0) is 46.4 Å². The van der Waals surface area contributed by atoms with Crippen LogP contribution in [0, 0.1) is 5.82 Å². The number of benzene rings is 3. The summed E-state index contributed by atoms with van der Waals surface area (Å²) in [7, 11) is 0. The first kappa shape index (κ1) is 29.2. The molecular formula is C33H36ClFN4OS. The summed E-state index contributed by atoms with van der Waals surface area (Å²) in [6.07, 6.45) is 0. The zero-order chi connectivity index (χ0) is 29.0. The van der Waals surface area contributed by atoms with Crippen LogP contribution in [-0.4, -0.2) is 46.9 Å². The van der Waals surface area contributed by atoms with Gasteiger partial charge in [0.25, 0.3) is 5.91 Å². The maximum absolute atomic E-state index is 13.5. The number of thiazole rings is 1. The van der Waals surface area contributed by atoms with Gasteiger partial charge in [0.1, 0.15) is 16.5 Å². The second kappa shape index (κ2) is 12.7. The van der Waals surface area contributed by atoms with Gasteiger partial charge in [-0.25, -0.2) is 9.37 Å². The van der Waals surface area contributed by atoms with E-state index >= 15 is 0 Å². The summed E-state index contributed by atoms with van der Waals surface area (Å²) in [6, 6.07) is 23.2. The normalized spacial score (nSPS) is 14.1. The Hall–Kier alpha value is -3.26. The molecular weight excluding hydrogens is 555 g/mol. The molecule has 0 unspecified atom stereocenters. The number of hydrogen-bond donors (Lipinski definition) is 0. The fourth-order valence-corrected chi connectivity index (χ4v) is 6.14. The molecule has 1 aliphatic heterocycles. The monoisotopic (exact) mass is 590 g/mol. The first-order chi connectivity index (χ1) is 19.7. The second-order valence-corrected chi connectivity index (χ2v) is 12.9. The third-order valence-corrected chi connectivity index (χ3v) is 8.59. The SMILES string of the molecule is CC(C)(C)c1ccc(CN(Cc2ccc(F)cc2)Cc2nc(C(=O)N3CCN(c4ccccc4Cl)CC3)cs2)cc1. The summed E-state index contributed by atoms with van der Waals surface area (Å²) in [6.45, 7) is 11.3. The predicted molar refractivity (Wildman–Crippen MR) is 166 cm³/mol. The molecule has 5 nitrogen and oxygen atoms in total. The van der Waals surface area contributed by atoms with Gasteiger partial charge in [0, 0.05) is 44.6 Å². The lowest BCUT2D eigenvalue weighted by Crippen LogP contribution is -2.49. The van der Waals surface area contributed by atoms with E-state index < -0.39 is 0 Å². The number of hydrogen-bond acceptors (Lipinski definition) is 5. The lowest BCUT2D eigenvalue weighted by Gasteiger charge is -2.36. The van der Waals surface area contributed by atoms with Crippen LogP contribution in [0.1, 0.15) is 53.0 Å².